The summed E-state index contributed by atoms with van der Waals surface area (Å²) in [7, 11) is 1.43. The monoisotopic (exact) mass is 256 g/mol. The van der Waals surface area contributed by atoms with Crippen molar-refractivity contribution in [2.45, 2.75) is 6.92 Å². The van der Waals surface area contributed by atoms with E-state index in [0.29, 0.717) is 0 Å². The zero-order valence-electron chi connectivity index (χ0n) is 10.2. The molecule has 0 fully saturated rings. The summed E-state index contributed by atoms with van der Waals surface area (Å²) in [6.07, 6.45) is 0. The van der Waals surface area contributed by atoms with Crippen molar-refractivity contribution >= 4 is 11.8 Å². The number of carbonyl (C=O) groups excluding carboxylic acids is 2. The van der Waals surface area contributed by atoms with Crippen LogP contribution in [0.4, 0.5) is 8.78 Å². The summed E-state index contributed by atoms with van der Waals surface area (Å²) in [4.78, 5) is 24.3. The summed E-state index contributed by atoms with van der Waals surface area (Å²) in [5.41, 5.74) is -0.374. The Morgan fingerprint density at radius 1 is 1.33 bits per heavy atom. The van der Waals surface area contributed by atoms with E-state index in [0.717, 1.165) is 11.0 Å². The topological polar surface area (TPSA) is 49.4 Å². The van der Waals surface area contributed by atoms with Gasteiger partial charge in [0.1, 0.15) is 0 Å². The summed E-state index contributed by atoms with van der Waals surface area (Å²) in [6, 6.07) is 3.37. The minimum atomic E-state index is -1.20. The number of halogens is 2. The summed E-state index contributed by atoms with van der Waals surface area (Å²) in [6.45, 7) is 1.68. The molecule has 0 aliphatic rings. The van der Waals surface area contributed by atoms with Crippen LogP contribution in [-0.4, -0.2) is 36.9 Å². The maximum atomic E-state index is 13.4. The van der Waals surface area contributed by atoms with Gasteiger partial charge in [0.25, 0.3) is 5.91 Å². The number of hydrogen-bond donors (Lipinski definition) is 1. The Morgan fingerprint density at radius 3 is 2.56 bits per heavy atom. The van der Waals surface area contributed by atoms with Gasteiger partial charge in [-0.25, -0.2) is 8.78 Å². The summed E-state index contributed by atoms with van der Waals surface area (Å²) >= 11 is 0. The van der Waals surface area contributed by atoms with Gasteiger partial charge in [-0.15, -0.1) is 0 Å². The van der Waals surface area contributed by atoms with Gasteiger partial charge in [0.2, 0.25) is 5.91 Å². The van der Waals surface area contributed by atoms with Crippen LogP contribution < -0.4 is 5.32 Å². The molecule has 0 bridgehead atoms. The number of rotatable bonds is 4. The van der Waals surface area contributed by atoms with Crippen LogP contribution in [-0.2, 0) is 4.79 Å². The molecule has 0 atom stereocenters. The van der Waals surface area contributed by atoms with Gasteiger partial charge in [-0.3, -0.25) is 9.59 Å². The van der Waals surface area contributed by atoms with E-state index in [2.05, 4.69) is 5.32 Å². The van der Waals surface area contributed by atoms with Crippen molar-refractivity contribution in [1.82, 2.24) is 10.2 Å². The number of amides is 2. The smallest absolute Gasteiger partial charge is 0.257 e. The lowest BCUT2D eigenvalue weighted by atomic mass is 10.1. The number of likely N-dealkylation sites (N-methyl/N-ethyl adjacent to an activating group) is 2. The third-order valence-corrected chi connectivity index (χ3v) is 2.46. The normalized spacial score (nSPS) is 10.0. The van der Waals surface area contributed by atoms with Gasteiger partial charge in [-0.2, -0.15) is 0 Å². The third-order valence-electron chi connectivity index (χ3n) is 2.46. The number of benzene rings is 1. The summed E-state index contributed by atoms with van der Waals surface area (Å²) < 4.78 is 26.5. The second-order valence-electron chi connectivity index (χ2n) is 3.59. The molecule has 1 aromatic carbocycles. The fourth-order valence-electron chi connectivity index (χ4n) is 1.42. The molecule has 1 rings (SSSR count). The lowest BCUT2D eigenvalue weighted by Crippen LogP contribution is -2.39. The van der Waals surface area contributed by atoms with Crippen LogP contribution >= 0.6 is 0 Å². The molecule has 0 heterocycles. The van der Waals surface area contributed by atoms with Crippen LogP contribution in [0.1, 0.15) is 17.3 Å². The van der Waals surface area contributed by atoms with E-state index < -0.39 is 17.5 Å². The van der Waals surface area contributed by atoms with E-state index in [1.54, 1.807) is 6.92 Å². The van der Waals surface area contributed by atoms with Gasteiger partial charge in [-0.05, 0) is 19.1 Å². The Labute approximate surface area is 104 Å². The highest BCUT2D eigenvalue weighted by Crippen LogP contribution is 2.13. The fourth-order valence-corrected chi connectivity index (χ4v) is 1.42. The van der Waals surface area contributed by atoms with Crippen LogP contribution in [0, 0.1) is 11.6 Å². The minimum Gasteiger partial charge on any atom is -0.358 e. The van der Waals surface area contributed by atoms with E-state index >= 15 is 0 Å². The van der Waals surface area contributed by atoms with Crippen LogP contribution in [0.5, 0.6) is 0 Å². The molecule has 6 heteroatoms. The highest BCUT2D eigenvalue weighted by Gasteiger charge is 2.21. The van der Waals surface area contributed by atoms with Crippen molar-refractivity contribution in [3.8, 4) is 0 Å². The molecule has 1 aromatic rings. The minimum absolute atomic E-state index is 0.193. The molecule has 4 nitrogen and oxygen atoms in total. The maximum absolute atomic E-state index is 13.4. The van der Waals surface area contributed by atoms with Crippen LogP contribution in [0.25, 0.3) is 0 Å². The second kappa shape index (κ2) is 6.09. The molecular weight excluding hydrogens is 242 g/mol. The fraction of sp³-hybridized carbons (Fsp3) is 0.333. The Kier molecular flexibility index (Phi) is 4.76. The van der Waals surface area contributed by atoms with Crippen molar-refractivity contribution in [1.29, 1.82) is 0 Å². The van der Waals surface area contributed by atoms with Gasteiger partial charge in [-0.1, -0.05) is 6.07 Å². The van der Waals surface area contributed by atoms with Crippen molar-refractivity contribution in [3.63, 3.8) is 0 Å². The molecule has 0 aliphatic heterocycles. The first-order valence-corrected chi connectivity index (χ1v) is 5.45. The molecule has 18 heavy (non-hydrogen) atoms. The molecule has 0 radical (unpaired) electrons. The number of hydrogen-bond acceptors (Lipinski definition) is 2. The Balaban J connectivity index is 2.97. The number of nitrogens with one attached hydrogen (secondary N) is 1. The lowest BCUT2D eigenvalue weighted by molar-refractivity contribution is -0.121. The van der Waals surface area contributed by atoms with Crippen molar-refractivity contribution in [3.05, 3.63) is 35.4 Å². The molecular formula is C12H14F2N2O2. The molecule has 98 valence electrons. The molecule has 0 aromatic heterocycles. The molecule has 0 spiro atoms. The zero-order valence-corrected chi connectivity index (χ0v) is 10.2. The van der Waals surface area contributed by atoms with E-state index in [9.17, 15) is 18.4 Å². The first kappa shape index (κ1) is 14.1. The van der Waals surface area contributed by atoms with Crippen molar-refractivity contribution in [2.24, 2.45) is 0 Å². The van der Waals surface area contributed by atoms with Crippen LogP contribution in [0.3, 0.4) is 0 Å². The van der Waals surface area contributed by atoms with Gasteiger partial charge < -0.3 is 10.2 Å². The van der Waals surface area contributed by atoms with Crippen molar-refractivity contribution in [2.75, 3.05) is 20.1 Å². The predicted molar refractivity (Wildman–Crippen MR) is 62.0 cm³/mol. The summed E-state index contributed by atoms with van der Waals surface area (Å²) in [5.74, 6) is -3.37. The van der Waals surface area contributed by atoms with E-state index in [1.165, 1.54) is 19.2 Å². The van der Waals surface area contributed by atoms with Crippen LogP contribution in [0.15, 0.2) is 18.2 Å². The average molecular weight is 256 g/mol. The molecule has 0 saturated carbocycles. The molecule has 0 unspecified atom stereocenters. The van der Waals surface area contributed by atoms with E-state index in [-0.39, 0.29) is 24.6 Å². The highest BCUT2D eigenvalue weighted by atomic mass is 19.2. The third kappa shape index (κ3) is 3.03. The Morgan fingerprint density at radius 2 is 2.00 bits per heavy atom. The highest BCUT2D eigenvalue weighted by molar-refractivity contribution is 5.96. The quantitative estimate of drug-likeness (QED) is 0.879. The lowest BCUT2D eigenvalue weighted by Gasteiger charge is -2.20. The maximum Gasteiger partial charge on any atom is 0.257 e. The Bertz CT molecular complexity index is 463. The Hall–Kier alpha value is -1.98. The van der Waals surface area contributed by atoms with E-state index in [4.69, 9.17) is 0 Å². The second-order valence-corrected chi connectivity index (χ2v) is 3.59. The zero-order chi connectivity index (χ0) is 13.7. The van der Waals surface area contributed by atoms with Gasteiger partial charge in [0.15, 0.2) is 11.6 Å². The first-order chi connectivity index (χ1) is 8.51. The molecule has 0 aliphatic carbocycles. The SMILES string of the molecule is CCN(CC(=O)NC)C(=O)c1cccc(F)c1F. The predicted octanol–water partition coefficient (Wildman–Crippen LogP) is 1.17. The standard InChI is InChI=1S/C12H14F2N2O2/c1-3-16(7-10(17)15-2)12(18)8-5-4-6-9(13)11(8)14/h4-6H,3,7H2,1-2H3,(H,15,17). The molecule has 0 saturated heterocycles. The molecule has 1 N–H and O–H groups in total. The van der Waals surface area contributed by atoms with Gasteiger partial charge in [0.05, 0.1) is 12.1 Å². The van der Waals surface area contributed by atoms with Crippen LogP contribution in [0.2, 0.25) is 0 Å². The first-order valence-electron chi connectivity index (χ1n) is 5.45. The molecule has 2 amide bonds. The van der Waals surface area contributed by atoms with Gasteiger partial charge >= 0.3 is 0 Å². The number of carbonyl (C=O) groups is 2. The average Bonchev–Trinajstić information content (AvgIpc) is 2.38. The van der Waals surface area contributed by atoms with E-state index in [1.807, 2.05) is 0 Å². The van der Waals surface area contributed by atoms with Crippen molar-refractivity contribution < 1.29 is 18.4 Å². The number of nitrogens with zero attached hydrogens (tertiary/aromatic N) is 1. The summed E-state index contributed by atoms with van der Waals surface area (Å²) in [5, 5.41) is 2.36. The largest absolute Gasteiger partial charge is 0.358 e. The van der Waals surface area contributed by atoms with Gasteiger partial charge in [0, 0.05) is 13.6 Å².